The molecule has 0 aliphatic carbocycles. The highest BCUT2D eigenvalue weighted by Gasteiger charge is 2.36. The SMILES string of the molecule is Cc1cc(C)c(S(=O)(=O)N[C@@H]2CCN(c3ccccc3)C2=O)c(C)c1. The van der Waals surface area contributed by atoms with Crippen LogP contribution in [0.15, 0.2) is 47.4 Å². The zero-order chi connectivity index (χ0) is 18.2. The number of hydrogen-bond acceptors (Lipinski definition) is 3. The minimum atomic E-state index is -3.76. The van der Waals surface area contributed by atoms with Crippen molar-refractivity contribution in [1.29, 1.82) is 0 Å². The van der Waals surface area contributed by atoms with Crippen LogP contribution in [0.5, 0.6) is 0 Å². The lowest BCUT2D eigenvalue weighted by Gasteiger charge is -2.18. The van der Waals surface area contributed by atoms with Gasteiger partial charge in [-0.15, -0.1) is 0 Å². The number of sulfonamides is 1. The first-order valence-corrected chi connectivity index (χ1v) is 9.74. The third kappa shape index (κ3) is 3.45. The molecule has 1 aliphatic heterocycles. The molecular weight excluding hydrogens is 336 g/mol. The monoisotopic (exact) mass is 358 g/mol. The Morgan fingerprint density at radius 2 is 1.64 bits per heavy atom. The van der Waals surface area contributed by atoms with E-state index in [1.807, 2.05) is 49.4 Å². The molecule has 1 atom stereocenters. The van der Waals surface area contributed by atoms with Crippen LogP contribution < -0.4 is 9.62 Å². The Kier molecular flexibility index (Phi) is 4.67. The van der Waals surface area contributed by atoms with Crippen molar-refractivity contribution in [2.24, 2.45) is 0 Å². The topological polar surface area (TPSA) is 66.5 Å². The summed E-state index contributed by atoms with van der Waals surface area (Å²) in [6.45, 7) is 5.99. The summed E-state index contributed by atoms with van der Waals surface area (Å²) < 4.78 is 28.3. The van der Waals surface area contributed by atoms with Crippen LogP contribution in [0, 0.1) is 20.8 Å². The number of nitrogens with zero attached hydrogens (tertiary/aromatic N) is 1. The van der Waals surface area contributed by atoms with Gasteiger partial charge in [-0.25, -0.2) is 8.42 Å². The Bertz CT molecular complexity index is 885. The number of aryl methyl sites for hydroxylation is 3. The fourth-order valence-corrected chi connectivity index (χ4v) is 5.17. The van der Waals surface area contributed by atoms with Gasteiger partial charge in [-0.1, -0.05) is 35.9 Å². The first kappa shape index (κ1) is 17.6. The number of anilines is 1. The number of para-hydroxylation sites is 1. The van der Waals surface area contributed by atoms with Gasteiger partial charge in [0.15, 0.2) is 0 Å². The summed E-state index contributed by atoms with van der Waals surface area (Å²) in [7, 11) is -3.76. The molecule has 0 bridgehead atoms. The smallest absolute Gasteiger partial charge is 0.245 e. The standard InChI is InChI=1S/C19H22N2O3S/c1-13-11-14(2)18(15(3)12-13)25(23,24)20-17-9-10-21(19(17)22)16-7-5-4-6-8-16/h4-8,11-12,17,20H,9-10H2,1-3H3/t17-/m1/s1. The number of amides is 1. The molecule has 3 rings (SSSR count). The van der Waals surface area contributed by atoms with Crippen molar-refractivity contribution in [1.82, 2.24) is 4.72 Å². The van der Waals surface area contributed by atoms with Crippen LogP contribution in [-0.2, 0) is 14.8 Å². The quantitative estimate of drug-likeness (QED) is 0.914. The Morgan fingerprint density at radius 1 is 1.04 bits per heavy atom. The predicted molar refractivity (Wildman–Crippen MR) is 98.2 cm³/mol. The summed E-state index contributed by atoms with van der Waals surface area (Å²) in [6, 6.07) is 12.3. The zero-order valence-electron chi connectivity index (χ0n) is 14.6. The average Bonchev–Trinajstić information content (AvgIpc) is 2.87. The second-order valence-electron chi connectivity index (χ2n) is 6.52. The van der Waals surface area contributed by atoms with Gasteiger partial charge in [0.1, 0.15) is 6.04 Å². The minimum Gasteiger partial charge on any atom is -0.311 e. The van der Waals surface area contributed by atoms with Crippen molar-refractivity contribution >= 4 is 21.6 Å². The van der Waals surface area contributed by atoms with Crippen molar-refractivity contribution in [3.05, 3.63) is 59.2 Å². The molecule has 0 spiro atoms. The first-order valence-electron chi connectivity index (χ1n) is 8.26. The van der Waals surface area contributed by atoms with E-state index in [-0.39, 0.29) is 10.8 Å². The number of rotatable bonds is 4. The van der Waals surface area contributed by atoms with Crippen molar-refractivity contribution in [3.63, 3.8) is 0 Å². The Balaban J connectivity index is 1.84. The van der Waals surface area contributed by atoms with Crippen LogP contribution in [0.25, 0.3) is 0 Å². The lowest BCUT2D eigenvalue weighted by atomic mass is 10.1. The van der Waals surface area contributed by atoms with E-state index in [9.17, 15) is 13.2 Å². The van der Waals surface area contributed by atoms with Crippen LogP contribution in [0.4, 0.5) is 5.69 Å². The predicted octanol–water partition coefficient (Wildman–Crippen LogP) is 2.70. The van der Waals surface area contributed by atoms with Gasteiger partial charge >= 0.3 is 0 Å². The second kappa shape index (κ2) is 6.61. The Hall–Kier alpha value is -2.18. The molecule has 0 radical (unpaired) electrons. The van der Waals surface area contributed by atoms with Crippen LogP contribution in [0.2, 0.25) is 0 Å². The third-order valence-electron chi connectivity index (χ3n) is 4.44. The Morgan fingerprint density at radius 3 is 2.24 bits per heavy atom. The molecule has 6 heteroatoms. The fourth-order valence-electron chi connectivity index (χ4n) is 3.49. The lowest BCUT2D eigenvalue weighted by Crippen LogP contribution is -2.41. The van der Waals surface area contributed by atoms with Gasteiger partial charge in [-0.3, -0.25) is 4.79 Å². The fraction of sp³-hybridized carbons (Fsp3) is 0.316. The van der Waals surface area contributed by atoms with E-state index in [0.29, 0.717) is 24.1 Å². The van der Waals surface area contributed by atoms with E-state index in [1.54, 1.807) is 18.7 Å². The molecule has 0 aromatic heterocycles. The van der Waals surface area contributed by atoms with Crippen LogP contribution in [0.3, 0.4) is 0 Å². The van der Waals surface area contributed by atoms with Gasteiger partial charge in [0, 0.05) is 12.2 Å². The maximum atomic E-state index is 12.8. The highest BCUT2D eigenvalue weighted by molar-refractivity contribution is 7.89. The summed E-state index contributed by atoms with van der Waals surface area (Å²) in [5.74, 6) is -0.211. The van der Waals surface area contributed by atoms with Crippen molar-refractivity contribution in [2.45, 2.75) is 38.1 Å². The molecular formula is C19H22N2O3S. The number of carbonyl (C=O) groups excluding carboxylic acids is 1. The van der Waals surface area contributed by atoms with E-state index < -0.39 is 16.1 Å². The van der Waals surface area contributed by atoms with Crippen LogP contribution >= 0.6 is 0 Å². The van der Waals surface area contributed by atoms with Gasteiger partial charge in [-0.2, -0.15) is 4.72 Å². The van der Waals surface area contributed by atoms with Gasteiger partial charge in [0.05, 0.1) is 4.90 Å². The summed E-state index contributed by atoms with van der Waals surface area (Å²) >= 11 is 0. The summed E-state index contributed by atoms with van der Waals surface area (Å²) in [5, 5.41) is 0. The number of benzene rings is 2. The van der Waals surface area contributed by atoms with E-state index in [2.05, 4.69) is 4.72 Å². The van der Waals surface area contributed by atoms with Gasteiger partial charge in [0.25, 0.3) is 0 Å². The minimum absolute atomic E-state index is 0.211. The molecule has 1 heterocycles. The van der Waals surface area contributed by atoms with E-state index >= 15 is 0 Å². The van der Waals surface area contributed by atoms with Crippen molar-refractivity contribution < 1.29 is 13.2 Å². The molecule has 1 fully saturated rings. The molecule has 5 nitrogen and oxygen atoms in total. The zero-order valence-corrected chi connectivity index (χ0v) is 15.4. The van der Waals surface area contributed by atoms with Gasteiger partial charge in [-0.05, 0) is 50.5 Å². The number of hydrogen-bond donors (Lipinski definition) is 1. The molecule has 0 saturated carbocycles. The van der Waals surface area contributed by atoms with Gasteiger partial charge < -0.3 is 4.90 Å². The summed E-state index contributed by atoms with van der Waals surface area (Å²) in [4.78, 5) is 14.5. The van der Waals surface area contributed by atoms with E-state index in [4.69, 9.17) is 0 Å². The second-order valence-corrected chi connectivity index (χ2v) is 8.17. The normalized spacial score (nSPS) is 18.0. The van der Waals surface area contributed by atoms with Gasteiger partial charge in [0.2, 0.25) is 15.9 Å². The maximum Gasteiger partial charge on any atom is 0.245 e. The van der Waals surface area contributed by atoms with Crippen LogP contribution in [-0.4, -0.2) is 26.9 Å². The van der Waals surface area contributed by atoms with E-state index in [1.165, 1.54) is 0 Å². The molecule has 1 saturated heterocycles. The molecule has 1 amide bonds. The maximum absolute atomic E-state index is 12.8. The number of nitrogens with one attached hydrogen (secondary N) is 1. The molecule has 1 N–H and O–H groups in total. The molecule has 2 aromatic carbocycles. The highest BCUT2D eigenvalue weighted by Crippen LogP contribution is 2.25. The average molecular weight is 358 g/mol. The molecule has 2 aromatic rings. The Labute approximate surface area is 148 Å². The molecule has 1 aliphatic rings. The van der Waals surface area contributed by atoms with Crippen molar-refractivity contribution in [3.8, 4) is 0 Å². The molecule has 132 valence electrons. The number of carbonyl (C=O) groups is 1. The van der Waals surface area contributed by atoms with E-state index in [0.717, 1.165) is 11.3 Å². The molecule has 0 unspecified atom stereocenters. The van der Waals surface area contributed by atoms with Crippen molar-refractivity contribution in [2.75, 3.05) is 11.4 Å². The lowest BCUT2D eigenvalue weighted by molar-refractivity contribution is -0.118. The third-order valence-corrected chi connectivity index (χ3v) is 6.22. The first-order chi connectivity index (χ1) is 11.8. The molecule has 25 heavy (non-hydrogen) atoms. The highest BCUT2D eigenvalue weighted by atomic mass is 32.2. The largest absolute Gasteiger partial charge is 0.311 e. The summed E-state index contributed by atoms with van der Waals surface area (Å²) in [5.41, 5.74) is 3.18. The van der Waals surface area contributed by atoms with Crippen LogP contribution in [0.1, 0.15) is 23.1 Å². The summed E-state index contributed by atoms with van der Waals surface area (Å²) in [6.07, 6.45) is 0.455.